The van der Waals surface area contributed by atoms with Crippen LogP contribution < -0.4 is 10.2 Å². The fourth-order valence-corrected chi connectivity index (χ4v) is 4.65. The highest BCUT2D eigenvalue weighted by molar-refractivity contribution is 5.78. The third-order valence-electron chi connectivity index (χ3n) is 6.48. The van der Waals surface area contributed by atoms with Gasteiger partial charge in [-0.1, -0.05) is 12.1 Å². The molecule has 36 heavy (non-hydrogen) atoms. The van der Waals surface area contributed by atoms with Gasteiger partial charge in [-0.25, -0.2) is 13.8 Å². The molecular weight excluding hydrogens is 472 g/mol. The lowest BCUT2D eigenvalue weighted by atomic mass is 10.1. The average Bonchev–Trinajstić information content (AvgIpc) is 3.53. The highest BCUT2D eigenvalue weighted by Gasteiger charge is 2.27. The third-order valence-corrected chi connectivity index (χ3v) is 6.48. The summed E-state index contributed by atoms with van der Waals surface area (Å²) in [6.45, 7) is 4.27. The van der Waals surface area contributed by atoms with Crippen molar-refractivity contribution < 1.29 is 23.0 Å². The molecule has 1 N–H and O–H groups in total. The van der Waals surface area contributed by atoms with E-state index in [9.17, 15) is 13.6 Å². The zero-order valence-electron chi connectivity index (χ0n) is 20.1. The monoisotopic (exact) mass is 501 g/mol. The van der Waals surface area contributed by atoms with E-state index in [0.717, 1.165) is 6.42 Å². The van der Waals surface area contributed by atoms with E-state index in [-0.39, 0.29) is 24.3 Å². The van der Waals surface area contributed by atoms with Gasteiger partial charge in [0.1, 0.15) is 18.2 Å². The van der Waals surface area contributed by atoms with Gasteiger partial charge in [0, 0.05) is 45.9 Å². The van der Waals surface area contributed by atoms with E-state index in [1.54, 1.807) is 35.2 Å². The first-order valence-electron chi connectivity index (χ1n) is 12.0. The van der Waals surface area contributed by atoms with Crippen LogP contribution in [0.2, 0.25) is 0 Å². The number of halogens is 2. The Morgan fingerprint density at radius 1 is 1.19 bits per heavy atom. The smallest absolute Gasteiger partial charge is 0.296 e. The maximum Gasteiger partial charge on any atom is 0.296 e. The number of nitrogens with one attached hydrogen (secondary N) is 1. The first-order chi connectivity index (χ1) is 17.5. The molecule has 0 unspecified atom stereocenters. The Hall–Kier alpha value is -3.38. The lowest BCUT2D eigenvalue weighted by Crippen LogP contribution is -2.37. The molecular formula is C24H29F2N7O3. The Kier molecular flexibility index (Phi) is 7.23. The Morgan fingerprint density at radius 3 is 2.78 bits per heavy atom. The molecule has 0 spiro atoms. The fourth-order valence-electron chi connectivity index (χ4n) is 4.65. The minimum absolute atomic E-state index is 0.0227. The molecule has 1 atom stereocenters. The summed E-state index contributed by atoms with van der Waals surface area (Å²) in [5, 5.41) is 3.36. The van der Waals surface area contributed by atoms with E-state index in [4.69, 9.17) is 14.5 Å². The average molecular weight is 502 g/mol. The molecule has 0 radical (unpaired) electrons. The molecule has 2 saturated heterocycles. The van der Waals surface area contributed by atoms with Crippen molar-refractivity contribution in [3.05, 3.63) is 36.2 Å². The largest absolute Gasteiger partial charge is 0.378 e. The van der Waals surface area contributed by atoms with Gasteiger partial charge in [0.25, 0.3) is 6.43 Å². The molecule has 2 aliphatic rings. The molecule has 3 aromatic rings. The number of likely N-dealkylation sites (tertiary alicyclic amines) is 1. The molecule has 4 heterocycles. The van der Waals surface area contributed by atoms with Crippen molar-refractivity contribution in [2.24, 2.45) is 5.92 Å². The van der Waals surface area contributed by atoms with Crippen LogP contribution >= 0.6 is 0 Å². The van der Waals surface area contributed by atoms with Crippen molar-refractivity contribution in [2.45, 2.75) is 12.8 Å². The number of methoxy groups -OCH3 is 1. The summed E-state index contributed by atoms with van der Waals surface area (Å²) in [5.41, 5.74) is 1.02. The molecule has 1 aromatic carbocycles. The lowest BCUT2D eigenvalue weighted by Gasteiger charge is -2.27. The molecule has 1 amide bonds. The van der Waals surface area contributed by atoms with E-state index in [2.05, 4.69) is 15.3 Å². The second-order valence-corrected chi connectivity index (χ2v) is 8.91. The Balaban J connectivity index is 1.45. The zero-order valence-corrected chi connectivity index (χ0v) is 20.1. The fraction of sp³-hybridized carbons (Fsp3) is 0.500. The summed E-state index contributed by atoms with van der Waals surface area (Å²) >= 11 is 0. The first-order valence-corrected chi connectivity index (χ1v) is 12.0. The Bertz CT molecular complexity index is 1220. The first kappa shape index (κ1) is 24.3. The van der Waals surface area contributed by atoms with Gasteiger partial charge in [0.2, 0.25) is 11.9 Å². The van der Waals surface area contributed by atoms with Crippen molar-refractivity contribution in [3.63, 3.8) is 0 Å². The highest BCUT2D eigenvalue weighted by Crippen LogP contribution is 2.29. The Labute approximate surface area is 207 Å². The van der Waals surface area contributed by atoms with Gasteiger partial charge in [-0.2, -0.15) is 9.97 Å². The summed E-state index contributed by atoms with van der Waals surface area (Å²) in [7, 11) is 1.51. The number of aromatic nitrogens is 4. The second-order valence-electron chi connectivity index (χ2n) is 8.91. The maximum absolute atomic E-state index is 14.0. The van der Waals surface area contributed by atoms with Crippen LogP contribution in [0.25, 0.3) is 16.9 Å². The molecule has 2 fully saturated rings. The van der Waals surface area contributed by atoms with Gasteiger partial charge >= 0.3 is 0 Å². The number of amides is 1. The molecule has 192 valence electrons. The topological polar surface area (TPSA) is 97.6 Å². The van der Waals surface area contributed by atoms with Crippen LogP contribution in [0.5, 0.6) is 0 Å². The summed E-state index contributed by atoms with van der Waals surface area (Å²) in [5.74, 6) is 1.14. The number of anilines is 2. The van der Waals surface area contributed by atoms with E-state index < -0.39 is 6.43 Å². The van der Waals surface area contributed by atoms with E-state index in [1.807, 2.05) is 4.90 Å². The SMILES string of the molecule is COCC(=O)N1CC[C@H](CNc2cc(-n3c(C(F)F)nc4ccccc43)nc(N3CCOCC3)n2)C1. The number of carbonyl (C=O) groups excluding carboxylic acids is 1. The van der Waals surface area contributed by atoms with Crippen molar-refractivity contribution >= 4 is 28.7 Å². The van der Waals surface area contributed by atoms with Crippen molar-refractivity contribution in [1.82, 2.24) is 24.4 Å². The molecule has 5 rings (SSSR count). The number of morpholine rings is 1. The number of benzene rings is 1. The van der Waals surface area contributed by atoms with Crippen molar-refractivity contribution in [1.29, 1.82) is 0 Å². The van der Waals surface area contributed by atoms with E-state index >= 15 is 0 Å². The van der Waals surface area contributed by atoms with Gasteiger partial charge in [-0.05, 0) is 24.5 Å². The molecule has 0 bridgehead atoms. The standard InChI is InChI=1S/C24H29F2N7O3/c1-35-15-21(34)32-7-6-16(14-32)13-27-19-12-20(30-24(29-19)31-8-10-36-11-9-31)33-18-5-3-2-4-17(18)28-23(33)22(25)26/h2-5,12,16,22H,6-11,13-15H2,1H3,(H,27,29,30)/t16-/m1/s1. The predicted octanol–water partition coefficient (Wildman–Crippen LogP) is 2.50. The van der Waals surface area contributed by atoms with E-state index in [0.29, 0.717) is 74.6 Å². The van der Waals surface area contributed by atoms with Crippen LogP contribution in [-0.2, 0) is 14.3 Å². The minimum Gasteiger partial charge on any atom is -0.378 e. The van der Waals surface area contributed by atoms with Crippen LogP contribution in [-0.4, -0.2) is 90.0 Å². The number of ether oxygens (including phenoxy) is 2. The number of rotatable bonds is 8. The van der Waals surface area contributed by atoms with Gasteiger partial charge in [0.05, 0.1) is 24.2 Å². The summed E-state index contributed by atoms with van der Waals surface area (Å²) in [6, 6.07) is 8.69. The molecule has 0 saturated carbocycles. The summed E-state index contributed by atoms with van der Waals surface area (Å²) < 4.78 is 39.8. The van der Waals surface area contributed by atoms with Gasteiger partial charge < -0.3 is 24.6 Å². The van der Waals surface area contributed by atoms with Crippen LogP contribution in [0.15, 0.2) is 30.3 Å². The maximum atomic E-state index is 14.0. The number of hydrogen-bond donors (Lipinski definition) is 1. The number of carbonyl (C=O) groups is 1. The van der Waals surface area contributed by atoms with Crippen LogP contribution in [0, 0.1) is 5.92 Å². The van der Waals surface area contributed by atoms with Gasteiger partial charge in [0.15, 0.2) is 5.82 Å². The molecule has 0 aliphatic carbocycles. The van der Waals surface area contributed by atoms with E-state index in [1.165, 1.54) is 11.7 Å². The number of nitrogens with zero attached hydrogens (tertiary/aromatic N) is 6. The highest BCUT2D eigenvalue weighted by atomic mass is 19.3. The lowest BCUT2D eigenvalue weighted by molar-refractivity contribution is -0.134. The van der Waals surface area contributed by atoms with Crippen LogP contribution in [0.4, 0.5) is 20.5 Å². The number of para-hydroxylation sites is 2. The number of alkyl halides is 2. The minimum atomic E-state index is -2.77. The molecule has 10 nitrogen and oxygen atoms in total. The van der Waals surface area contributed by atoms with Gasteiger partial charge in [-0.15, -0.1) is 0 Å². The second kappa shape index (κ2) is 10.7. The number of hydrogen-bond acceptors (Lipinski definition) is 8. The summed E-state index contributed by atoms with van der Waals surface area (Å²) in [6.07, 6.45) is -1.91. The van der Waals surface area contributed by atoms with Crippen molar-refractivity contribution in [2.75, 3.05) is 69.9 Å². The predicted molar refractivity (Wildman–Crippen MR) is 130 cm³/mol. The normalized spacial score (nSPS) is 18.4. The Morgan fingerprint density at radius 2 is 2.00 bits per heavy atom. The van der Waals surface area contributed by atoms with Crippen LogP contribution in [0.1, 0.15) is 18.7 Å². The summed E-state index contributed by atoms with van der Waals surface area (Å²) in [4.78, 5) is 29.4. The third kappa shape index (κ3) is 5.09. The zero-order chi connectivity index (χ0) is 25.1. The molecule has 2 aromatic heterocycles. The van der Waals surface area contributed by atoms with Crippen LogP contribution in [0.3, 0.4) is 0 Å². The molecule has 12 heteroatoms. The number of imidazole rings is 1. The number of fused-ring (bicyclic) bond motifs is 1. The quantitative estimate of drug-likeness (QED) is 0.503. The molecule has 2 aliphatic heterocycles. The van der Waals surface area contributed by atoms with Crippen molar-refractivity contribution in [3.8, 4) is 5.82 Å². The van der Waals surface area contributed by atoms with Gasteiger partial charge in [-0.3, -0.25) is 9.36 Å².